The number of rotatable bonds is 3. The van der Waals surface area contributed by atoms with Gasteiger partial charge in [-0.2, -0.15) is 0 Å². The van der Waals surface area contributed by atoms with Crippen LogP contribution in [0.3, 0.4) is 0 Å². The Morgan fingerprint density at radius 1 is 1.36 bits per heavy atom. The van der Waals surface area contributed by atoms with E-state index in [0.717, 1.165) is 17.6 Å². The number of Topliss-reactive ketones (excluding diaryl/α,β-unsaturated/α-hetero) is 1. The Kier molecular flexibility index (Phi) is 4.51. The fourth-order valence-electron chi connectivity index (χ4n) is 0.935. The van der Waals surface area contributed by atoms with Crippen LogP contribution in [0.5, 0.6) is 0 Å². The molecule has 0 fully saturated rings. The van der Waals surface area contributed by atoms with Crippen LogP contribution in [-0.4, -0.2) is 5.78 Å². The Hall–Kier alpha value is -0.850. The first-order valence-corrected chi connectivity index (χ1v) is 3.96. The Balaban J connectivity index is 4.67. The number of ketones is 1. The highest BCUT2D eigenvalue weighted by atomic mass is 16.1. The van der Waals surface area contributed by atoms with Gasteiger partial charge in [-0.15, -0.1) is 0 Å². The van der Waals surface area contributed by atoms with E-state index in [4.69, 9.17) is 0 Å². The van der Waals surface area contributed by atoms with E-state index in [2.05, 4.69) is 6.92 Å². The smallest absolute Gasteiger partial charge is 0.155 e. The molecular formula is C10H16O. The highest BCUT2D eigenvalue weighted by molar-refractivity contribution is 5.93. The molecule has 0 aliphatic rings. The molecule has 0 amide bonds. The molecule has 0 radical (unpaired) electrons. The fourth-order valence-corrected chi connectivity index (χ4v) is 0.935. The van der Waals surface area contributed by atoms with Crippen molar-refractivity contribution >= 4 is 5.78 Å². The summed E-state index contributed by atoms with van der Waals surface area (Å²) < 4.78 is 0. The molecule has 11 heavy (non-hydrogen) atoms. The van der Waals surface area contributed by atoms with Crippen molar-refractivity contribution in [3.63, 3.8) is 0 Å². The van der Waals surface area contributed by atoms with Gasteiger partial charge < -0.3 is 0 Å². The Morgan fingerprint density at radius 2 is 1.91 bits per heavy atom. The van der Waals surface area contributed by atoms with Gasteiger partial charge in [-0.1, -0.05) is 19.1 Å². The molecule has 0 rings (SSSR count). The molecule has 0 spiro atoms. The van der Waals surface area contributed by atoms with Crippen molar-refractivity contribution in [1.82, 2.24) is 0 Å². The minimum atomic E-state index is 0.167. The summed E-state index contributed by atoms with van der Waals surface area (Å²) in [4.78, 5) is 10.9. The second-order valence-corrected chi connectivity index (χ2v) is 2.56. The van der Waals surface area contributed by atoms with Gasteiger partial charge in [-0.3, -0.25) is 4.79 Å². The van der Waals surface area contributed by atoms with Crippen LogP contribution >= 0.6 is 0 Å². The molecule has 0 aliphatic carbocycles. The van der Waals surface area contributed by atoms with Gasteiger partial charge in [0.2, 0.25) is 0 Å². The molecule has 0 aromatic rings. The van der Waals surface area contributed by atoms with Crippen LogP contribution in [-0.2, 0) is 4.79 Å². The van der Waals surface area contributed by atoms with Crippen molar-refractivity contribution < 1.29 is 4.79 Å². The lowest BCUT2D eigenvalue weighted by Gasteiger charge is -2.01. The molecule has 0 aliphatic heterocycles. The van der Waals surface area contributed by atoms with E-state index in [1.165, 1.54) is 0 Å². The number of carbonyl (C=O) groups excluding carboxylic acids is 1. The van der Waals surface area contributed by atoms with Crippen molar-refractivity contribution in [3.05, 3.63) is 23.3 Å². The van der Waals surface area contributed by atoms with Gasteiger partial charge in [0.25, 0.3) is 0 Å². The van der Waals surface area contributed by atoms with Crippen molar-refractivity contribution in [3.8, 4) is 0 Å². The van der Waals surface area contributed by atoms with Crippen molar-refractivity contribution in [2.45, 2.75) is 34.1 Å². The summed E-state index contributed by atoms with van der Waals surface area (Å²) in [7, 11) is 0. The molecule has 0 atom stereocenters. The van der Waals surface area contributed by atoms with Crippen LogP contribution in [0.1, 0.15) is 34.1 Å². The topological polar surface area (TPSA) is 17.1 Å². The zero-order valence-corrected chi connectivity index (χ0v) is 7.77. The largest absolute Gasteiger partial charge is 0.295 e. The van der Waals surface area contributed by atoms with Crippen molar-refractivity contribution in [2.75, 3.05) is 0 Å². The maximum absolute atomic E-state index is 10.9. The summed E-state index contributed by atoms with van der Waals surface area (Å²) >= 11 is 0. The maximum Gasteiger partial charge on any atom is 0.155 e. The van der Waals surface area contributed by atoms with Crippen LogP contribution < -0.4 is 0 Å². The summed E-state index contributed by atoms with van der Waals surface area (Å²) in [6, 6.07) is 0. The van der Waals surface area contributed by atoms with Crippen LogP contribution in [0.25, 0.3) is 0 Å². The van der Waals surface area contributed by atoms with Gasteiger partial charge in [0, 0.05) is 0 Å². The monoisotopic (exact) mass is 152 g/mol. The van der Waals surface area contributed by atoms with E-state index in [1.54, 1.807) is 6.92 Å². The molecule has 62 valence electrons. The first-order valence-electron chi connectivity index (χ1n) is 3.96. The molecule has 0 aromatic heterocycles. The molecule has 0 bridgehead atoms. The summed E-state index contributed by atoms with van der Waals surface area (Å²) in [5, 5.41) is 0. The maximum atomic E-state index is 10.9. The molecule has 0 saturated carbocycles. The molecule has 0 aromatic carbocycles. The molecule has 0 heterocycles. The third-order valence-electron chi connectivity index (χ3n) is 1.76. The number of hydrogen-bond acceptors (Lipinski definition) is 1. The van der Waals surface area contributed by atoms with E-state index in [1.807, 2.05) is 26.0 Å². The highest BCUT2D eigenvalue weighted by Gasteiger charge is 2.00. The minimum Gasteiger partial charge on any atom is -0.295 e. The SMILES string of the molecule is C/C=C\C(CC)=C(\C)C(C)=O. The van der Waals surface area contributed by atoms with Gasteiger partial charge >= 0.3 is 0 Å². The lowest BCUT2D eigenvalue weighted by Crippen LogP contribution is -1.95. The normalized spacial score (nSPS) is 13.5. The number of hydrogen-bond donors (Lipinski definition) is 0. The van der Waals surface area contributed by atoms with E-state index in [0.29, 0.717) is 0 Å². The number of allylic oxidation sites excluding steroid dienone is 4. The Labute approximate surface area is 68.8 Å². The molecule has 1 heteroatoms. The average Bonchev–Trinajstić information content (AvgIpc) is 1.98. The molecule has 0 saturated heterocycles. The van der Waals surface area contributed by atoms with Crippen LogP contribution in [0, 0.1) is 0 Å². The standard InChI is InChI=1S/C10H16O/c1-5-7-10(6-2)8(3)9(4)11/h5,7H,6H2,1-4H3/b7-5-,10-8-. The quantitative estimate of drug-likeness (QED) is 0.449. The highest BCUT2D eigenvalue weighted by Crippen LogP contribution is 2.10. The zero-order chi connectivity index (χ0) is 8.85. The summed E-state index contributed by atoms with van der Waals surface area (Å²) in [6.07, 6.45) is 4.89. The van der Waals surface area contributed by atoms with Gasteiger partial charge in [-0.25, -0.2) is 0 Å². The lowest BCUT2D eigenvalue weighted by molar-refractivity contribution is -0.113. The molecule has 1 nitrogen and oxygen atoms in total. The van der Waals surface area contributed by atoms with E-state index in [-0.39, 0.29) is 5.78 Å². The predicted octanol–water partition coefficient (Wildman–Crippen LogP) is 2.88. The molecule has 0 unspecified atom stereocenters. The van der Waals surface area contributed by atoms with E-state index in [9.17, 15) is 4.79 Å². The predicted molar refractivity (Wildman–Crippen MR) is 48.5 cm³/mol. The number of carbonyl (C=O) groups is 1. The zero-order valence-electron chi connectivity index (χ0n) is 7.77. The van der Waals surface area contributed by atoms with Gasteiger partial charge in [0.05, 0.1) is 0 Å². The average molecular weight is 152 g/mol. The van der Waals surface area contributed by atoms with Crippen LogP contribution in [0.15, 0.2) is 23.3 Å². The van der Waals surface area contributed by atoms with E-state index >= 15 is 0 Å². The first kappa shape index (κ1) is 10.2. The summed E-state index contributed by atoms with van der Waals surface area (Å²) in [5.74, 6) is 0.167. The Morgan fingerprint density at radius 3 is 2.18 bits per heavy atom. The first-order chi connectivity index (χ1) is 5.13. The minimum absolute atomic E-state index is 0.167. The van der Waals surface area contributed by atoms with Gasteiger partial charge in [0.1, 0.15) is 0 Å². The molecular weight excluding hydrogens is 136 g/mol. The second-order valence-electron chi connectivity index (χ2n) is 2.56. The third kappa shape index (κ3) is 3.17. The van der Waals surface area contributed by atoms with Crippen LogP contribution in [0.4, 0.5) is 0 Å². The van der Waals surface area contributed by atoms with Gasteiger partial charge in [0.15, 0.2) is 5.78 Å². The van der Waals surface area contributed by atoms with E-state index < -0.39 is 0 Å². The van der Waals surface area contributed by atoms with Gasteiger partial charge in [-0.05, 0) is 38.3 Å². The van der Waals surface area contributed by atoms with Crippen molar-refractivity contribution in [2.24, 2.45) is 0 Å². The lowest BCUT2D eigenvalue weighted by atomic mass is 10.0. The van der Waals surface area contributed by atoms with Crippen LogP contribution in [0.2, 0.25) is 0 Å². The summed E-state index contributed by atoms with van der Waals surface area (Å²) in [5.41, 5.74) is 2.02. The molecule has 0 N–H and O–H groups in total. The second kappa shape index (κ2) is 4.89. The third-order valence-corrected chi connectivity index (χ3v) is 1.76. The summed E-state index contributed by atoms with van der Waals surface area (Å²) in [6.45, 7) is 7.50. The van der Waals surface area contributed by atoms with Crippen molar-refractivity contribution in [1.29, 1.82) is 0 Å². The fraction of sp³-hybridized carbons (Fsp3) is 0.500. The Bertz CT molecular complexity index is 197.